The van der Waals surface area contributed by atoms with Crippen LogP contribution in [0.3, 0.4) is 0 Å². The Balaban J connectivity index is 1.35. The first kappa shape index (κ1) is 35.7. The Hall–Kier alpha value is -6.67. The molecule has 0 atom stereocenters. The molecular formula is C45H28N4O6S3. The van der Waals surface area contributed by atoms with Gasteiger partial charge in [0.05, 0.1) is 42.4 Å². The van der Waals surface area contributed by atoms with Gasteiger partial charge in [-0.15, -0.1) is 0 Å². The van der Waals surface area contributed by atoms with Crippen molar-refractivity contribution in [2.24, 2.45) is 0 Å². The molecule has 10 aromatic rings. The zero-order chi connectivity index (χ0) is 39.8. The quantitative estimate of drug-likeness (QED) is 0.108. The van der Waals surface area contributed by atoms with E-state index in [2.05, 4.69) is 0 Å². The van der Waals surface area contributed by atoms with Gasteiger partial charge in [0.25, 0.3) is 0 Å². The summed E-state index contributed by atoms with van der Waals surface area (Å²) in [5.41, 5.74) is 2.19. The molecule has 0 aliphatic rings. The van der Waals surface area contributed by atoms with Gasteiger partial charge in [0.2, 0.25) is 29.5 Å². The molecule has 8 aromatic carbocycles. The molecule has 0 saturated carbocycles. The van der Waals surface area contributed by atoms with Crippen LogP contribution in [-0.4, -0.2) is 45.2 Å². The lowest BCUT2D eigenvalue weighted by Crippen LogP contribution is -2.15. The molecule has 0 saturated heterocycles. The molecule has 0 N–H and O–H groups in total. The van der Waals surface area contributed by atoms with Gasteiger partial charge in [-0.25, -0.2) is 45.2 Å². The van der Waals surface area contributed by atoms with Gasteiger partial charge in [0, 0.05) is 38.7 Å². The molecule has 10 nitrogen and oxygen atoms in total. The molecule has 58 heavy (non-hydrogen) atoms. The van der Waals surface area contributed by atoms with Crippen LogP contribution in [0.1, 0.15) is 11.3 Å². The molecule has 0 unspecified atom stereocenters. The molecule has 282 valence electrons. The molecule has 2 heterocycles. The summed E-state index contributed by atoms with van der Waals surface area (Å²) in [6.45, 7) is 0. The highest BCUT2D eigenvalue weighted by Crippen LogP contribution is 2.45. The number of benzene rings is 8. The average molecular weight is 817 g/mol. The van der Waals surface area contributed by atoms with Crippen molar-refractivity contribution in [3.8, 4) is 0 Å². The van der Waals surface area contributed by atoms with Gasteiger partial charge in [0.15, 0.2) is 15.1 Å². The minimum Gasteiger partial charge on any atom is -0.247 e. The maximum atomic E-state index is 14.4. The Morgan fingerprint density at radius 2 is 0.638 bits per heavy atom. The van der Waals surface area contributed by atoms with Gasteiger partial charge in [-0.3, -0.25) is 0 Å². The topological polar surface area (TPSA) is 154 Å². The Morgan fingerprint density at radius 1 is 0.328 bits per heavy atom. The minimum atomic E-state index is -4.55. The van der Waals surface area contributed by atoms with E-state index in [9.17, 15) is 25.3 Å². The van der Waals surface area contributed by atoms with Crippen molar-refractivity contribution in [3.05, 3.63) is 169 Å². The van der Waals surface area contributed by atoms with Crippen molar-refractivity contribution in [2.45, 2.75) is 36.2 Å². The lowest BCUT2D eigenvalue weighted by atomic mass is 9.91. The number of sulfone groups is 3. The van der Waals surface area contributed by atoms with Gasteiger partial charge in [0.1, 0.15) is 0 Å². The molecule has 2 aromatic heterocycles. The lowest BCUT2D eigenvalue weighted by molar-refractivity contribution is 0.573. The van der Waals surface area contributed by atoms with Gasteiger partial charge in [-0.1, -0.05) is 121 Å². The van der Waals surface area contributed by atoms with E-state index < -0.39 is 39.6 Å². The van der Waals surface area contributed by atoms with Crippen LogP contribution in [0.25, 0.3) is 54.4 Å². The average Bonchev–Trinajstić information content (AvgIpc) is 3.26. The molecular weight excluding hydrogens is 789 g/mol. The fourth-order valence-corrected chi connectivity index (χ4v) is 12.1. The van der Waals surface area contributed by atoms with Crippen molar-refractivity contribution in [3.63, 3.8) is 0 Å². The molecule has 13 heteroatoms. The van der Waals surface area contributed by atoms with Crippen LogP contribution in [0.4, 0.5) is 0 Å². The summed E-state index contributed by atoms with van der Waals surface area (Å²) in [5, 5.41) is 1.86. The van der Waals surface area contributed by atoms with E-state index in [0.29, 0.717) is 43.4 Å². The highest BCUT2D eigenvalue weighted by atomic mass is 32.2. The number of hydrogen-bond donors (Lipinski definition) is 0. The summed E-state index contributed by atoms with van der Waals surface area (Å²) in [4.78, 5) is 19.4. The second-order valence-corrected chi connectivity index (χ2v) is 19.4. The summed E-state index contributed by atoms with van der Waals surface area (Å²) in [7, 11) is -13.2. The monoisotopic (exact) mass is 816 g/mol. The molecule has 0 aliphatic carbocycles. The fourth-order valence-electron chi connectivity index (χ4n) is 7.65. The Labute approximate surface area is 332 Å². The van der Waals surface area contributed by atoms with E-state index in [1.165, 1.54) is 36.4 Å². The zero-order valence-corrected chi connectivity index (χ0v) is 32.6. The third kappa shape index (κ3) is 5.46. The lowest BCUT2D eigenvalue weighted by Gasteiger charge is -2.19. The maximum Gasteiger partial charge on any atom is 0.226 e. The second kappa shape index (κ2) is 13.2. The van der Waals surface area contributed by atoms with Crippen molar-refractivity contribution in [2.75, 3.05) is 0 Å². The minimum absolute atomic E-state index is 0.0739. The van der Waals surface area contributed by atoms with E-state index in [1.54, 1.807) is 78.9 Å². The summed E-state index contributed by atoms with van der Waals surface area (Å²) >= 11 is 0. The number of fused-ring (bicyclic) bond motifs is 6. The Morgan fingerprint density at radius 3 is 1.02 bits per heavy atom. The van der Waals surface area contributed by atoms with Gasteiger partial charge < -0.3 is 0 Å². The van der Waals surface area contributed by atoms with Crippen molar-refractivity contribution >= 4 is 83.9 Å². The van der Waals surface area contributed by atoms with Crippen LogP contribution in [0.2, 0.25) is 0 Å². The third-order valence-electron chi connectivity index (χ3n) is 10.3. The van der Waals surface area contributed by atoms with Gasteiger partial charge in [-0.2, -0.15) is 0 Å². The summed E-state index contributed by atoms with van der Waals surface area (Å²) in [6, 6.07) is 43.3. The standard InChI is InChI=1S/C45H28N4O6S3/c50-56(51,29-17-7-2-8-18-29)43-36(27-28-15-5-1-6-16-28)46-39-32-23-13-25-34-37(32)38-33(40(39)47-43)24-14-26-35(38)42-41(34)48-44(57(52,53)30-19-9-3-10-20-30)45(49-42)58(54,55)31-21-11-4-12-22-31/h1-26H,27H2. The first-order valence-electron chi connectivity index (χ1n) is 18.1. The van der Waals surface area contributed by atoms with E-state index in [4.69, 9.17) is 19.9 Å². The first-order chi connectivity index (χ1) is 28.0. The summed E-state index contributed by atoms with van der Waals surface area (Å²) in [5.74, 6) is 0. The van der Waals surface area contributed by atoms with E-state index in [-0.39, 0.29) is 42.9 Å². The highest BCUT2D eigenvalue weighted by molar-refractivity contribution is 7.94. The predicted molar refractivity (Wildman–Crippen MR) is 221 cm³/mol. The van der Waals surface area contributed by atoms with Crippen LogP contribution in [0, 0.1) is 0 Å². The number of nitrogens with zero attached hydrogens (tertiary/aromatic N) is 4. The summed E-state index contributed by atoms with van der Waals surface area (Å²) < 4.78 is 86.6. The number of rotatable bonds is 8. The first-order valence-corrected chi connectivity index (χ1v) is 22.6. The largest absolute Gasteiger partial charge is 0.247 e. The van der Waals surface area contributed by atoms with E-state index >= 15 is 0 Å². The zero-order valence-electron chi connectivity index (χ0n) is 30.2. The van der Waals surface area contributed by atoms with E-state index in [1.807, 2.05) is 42.5 Å². The van der Waals surface area contributed by atoms with Gasteiger partial charge >= 0.3 is 0 Å². The van der Waals surface area contributed by atoms with Crippen molar-refractivity contribution in [1.29, 1.82) is 0 Å². The van der Waals surface area contributed by atoms with Crippen molar-refractivity contribution in [1.82, 2.24) is 19.9 Å². The van der Waals surface area contributed by atoms with Crippen molar-refractivity contribution < 1.29 is 25.3 Å². The summed E-state index contributed by atoms with van der Waals surface area (Å²) in [6.07, 6.45) is 0.179. The molecule has 0 radical (unpaired) electrons. The number of aromatic nitrogens is 4. The second-order valence-electron chi connectivity index (χ2n) is 13.8. The van der Waals surface area contributed by atoms with Gasteiger partial charge in [-0.05, 0) is 42.0 Å². The van der Waals surface area contributed by atoms with E-state index in [0.717, 1.165) is 5.56 Å². The van der Waals surface area contributed by atoms with Crippen LogP contribution in [0.15, 0.2) is 187 Å². The Bertz CT molecular complexity index is 3610. The highest BCUT2D eigenvalue weighted by Gasteiger charge is 2.35. The smallest absolute Gasteiger partial charge is 0.226 e. The fraction of sp³-hybridized carbons (Fsp3) is 0.0222. The van der Waals surface area contributed by atoms with Crippen LogP contribution in [0.5, 0.6) is 0 Å². The molecule has 0 fully saturated rings. The molecule has 10 rings (SSSR count). The van der Waals surface area contributed by atoms with Crippen LogP contribution >= 0.6 is 0 Å². The molecule has 0 aliphatic heterocycles. The maximum absolute atomic E-state index is 14.4. The Kier molecular flexibility index (Phi) is 8.13. The molecule has 0 amide bonds. The SMILES string of the molecule is O=S(=O)(c1ccccc1)c1nc2c3cccc4c5nc(S(=O)(=O)c6ccccc6)c(S(=O)(=O)c6ccccc6)nc5c5cccc(c2nc1Cc1ccccc1)c5c34. The third-order valence-corrected chi connectivity index (χ3v) is 15.5. The predicted octanol–water partition coefficient (Wildman–Crippen LogP) is 8.56. The van der Waals surface area contributed by atoms with Crippen LogP contribution in [-0.2, 0) is 35.9 Å². The molecule has 0 bridgehead atoms. The molecule has 0 spiro atoms. The van der Waals surface area contributed by atoms with Crippen LogP contribution < -0.4 is 0 Å². The normalized spacial score (nSPS) is 12.6. The number of hydrogen-bond acceptors (Lipinski definition) is 10.